The zero-order valence-corrected chi connectivity index (χ0v) is 10.3. The van der Waals surface area contributed by atoms with Crippen molar-refractivity contribution < 1.29 is 4.79 Å². The number of nitrogens with two attached hydrogens (primary N) is 1. The standard InChI is InChI=1S/C12H15N5O/c1-7(2)9-6-10(17-16-9)15-12(18)11-8(13)4-3-5-14-11/h3-7H,13H2,1-2H3,(H2,15,16,17,18). The summed E-state index contributed by atoms with van der Waals surface area (Å²) >= 11 is 0. The minimum Gasteiger partial charge on any atom is -0.397 e. The van der Waals surface area contributed by atoms with Crippen LogP contribution in [-0.4, -0.2) is 21.1 Å². The van der Waals surface area contributed by atoms with Crippen molar-refractivity contribution in [1.82, 2.24) is 15.2 Å². The van der Waals surface area contributed by atoms with Gasteiger partial charge in [0.15, 0.2) is 11.5 Å². The van der Waals surface area contributed by atoms with Crippen molar-refractivity contribution in [3.05, 3.63) is 35.8 Å². The van der Waals surface area contributed by atoms with Gasteiger partial charge in [-0.25, -0.2) is 4.98 Å². The number of carbonyl (C=O) groups is 1. The molecule has 0 atom stereocenters. The normalized spacial score (nSPS) is 10.6. The third-order valence-electron chi connectivity index (χ3n) is 2.52. The van der Waals surface area contributed by atoms with Gasteiger partial charge >= 0.3 is 0 Å². The van der Waals surface area contributed by atoms with Crippen LogP contribution in [0.5, 0.6) is 0 Å². The third kappa shape index (κ3) is 2.48. The summed E-state index contributed by atoms with van der Waals surface area (Å²) in [5, 5.41) is 9.52. The highest BCUT2D eigenvalue weighted by Crippen LogP contribution is 2.16. The van der Waals surface area contributed by atoms with Gasteiger partial charge in [-0.2, -0.15) is 5.10 Å². The number of nitrogens with zero attached hydrogens (tertiary/aromatic N) is 2. The molecule has 18 heavy (non-hydrogen) atoms. The molecule has 0 aromatic carbocycles. The number of H-pyrrole nitrogens is 1. The first kappa shape index (κ1) is 12.1. The van der Waals surface area contributed by atoms with E-state index in [0.29, 0.717) is 17.4 Å². The SMILES string of the molecule is CC(C)c1cc(NC(=O)c2ncccc2N)n[nH]1. The third-order valence-corrected chi connectivity index (χ3v) is 2.52. The van der Waals surface area contributed by atoms with E-state index in [1.807, 2.05) is 13.8 Å². The van der Waals surface area contributed by atoms with Gasteiger partial charge in [0.25, 0.3) is 5.91 Å². The summed E-state index contributed by atoms with van der Waals surface area (Å²) in [5.74, 6) is 0.423. The van der Waals surface area contributed by atoms with E-state index in [1.54, 1.807) is 18.2 Å². The fourth-order valence-electron chi connectivity index (χ4n) is 1.48. The van der Waals surface area contributed by atoms with Gasteiger partial charge in [-0.15, -0.1) is 0 Å². The second kappa shape index (κ2) is 4.87. The Morgan fingerprint density at radius 2 is 2.28 bits per heavy atom. The van der Waals surface area contributed by atoms with E-state index in [2.05, 4.69) is 20.5 Å². The van der Waals surface area contributed by atoms with Crippen LogP contribution in [0, 0.1) is 0 Å². The van der Waals surface area contributed by atoms with Gasteiger partial charge in [-0.05, 0) is 18.1 Å². The number of pyridine rings is 1. The Balaban J connectivity index is 2.14. The molecule has 1 amide bonds. The number of carbonyl (C=O) groups excluding carboxylic acids is 1. The van der Waals surface area contributed by atoms with Crippen molar-refractivity contribution >= 4 is 17.4 Å². The van der Waals surface area contributed by atoms with Crippen LogP contribution in [0.15, 0.2) is 24.4 Å². The summed E-state index contributed by atoms with van der Waals surface area (Å²) < 4.78 is 0. The van der Waals surface area contributed by atoms with Crippen LogP contribution in [0.25, 0.3) is 0 Å². The molecule has 0 aliphatic rings. The average molecular weight is 245 g/mol. The van der Waals surface area contributed by atoms with Gasteiger partial charge in [-0.1, -0.05) is 13.8 Å². The minimum absolute atomic E-state index is 0.201. The molecule has 2 heterocycles. The Morgan fingerprint density at radius 1 is 1.50 bits per heavy atom. The molecule has 0 saturated heterocycles. The zero-order chi connectivity index (χ0) is 13.1. The van der Waals surface area contributed by atoms with E-state index in [0.717, 1.165) is 5.69 Å². The number of amides is 1. The van der Waals surface area contributed by atoms with Crippen molar-refractivity contribution in [2.45, 2.75) is 19.8 Å². The maximum absolute atomic E-state index is 11.9. The number of aromatic nitrogens is 3. The number of nitrogens with one attached hydrogen (secondary N) is 2. The molecule has 0 aliphatic heterocycles. The topological polar surface area (TPSA) is 96.7 Å². The Labute approximate surface area is 105 Å². The first-order valence-electron chi connectivity index (χ1n) is 5.65. The molecule has 0 bridgehead atoms. The van der Waals surface area contributed by atoms with Crippen LogP contribution in [0.1, 0.15) is 35.9 Å². The Bertz CT molecular complexity index is 561. The first-order valence-corrected chi connectivity index (χ1v) is 5.65. The van der Waals surface area contributed by atoms with Crippen molar-refractivity contribution in [3.8, 4) is 0 Å². The highest BCUT2D eigenvalue weighted by Gasteiger charge is 2.13. The molecule has 2 aromatic rings. The maximum atomic E-state index is 11.9. The monoisotopic (exact) mass is 245 g/mol. The van der Waals surface area contributed by atoms with Gasteiger partial charge in [0, 0.05) is 18.0 Å². The summed E-state index contributed by atoms with van der Waals surface area (Å²) in [6.07, 6.45) is 1.52. The molecule has 6 nitrogen and oxygen atoms in total. The van der Waals surface area contributed by atoms with Crippen LogP contribution < -0.4 is 11.1 Å². The summed E-state index contributed by atoms with van der Waals surface area (Å²) in [4.78, 5) is 15.8. The summed E-state index contributed by atoms with van der Waals surface area (Å²) in [6, 6.07) is 5.10. The molecular formula is C12H15N5O. The zero-order valence-electron chi connectivity index (χ0n) is 10.3. The van der Waals surface area contributed by atoms with E-state index in [-0.39, 0.29) is 11.6 Å². The molecule has 0 spiro atoms. The van der Waals surface area contributed by atoms with E-state index < -0.39 is 0 Å². The quantitative estimate of drug-likeness (QED) is 0.767. The first-order chi connectivity index (χ1) is 8.58. The molecule has 6 heteroatoms. The number of hydrogen-bond acceptors (Lipinski definition) is 4. The number of aromatic amines is 1. The average Bonchev–Trinajstić information content (AvgIpc) is 2.78. The van der Waals surface area contributed by atoms with E-state index in [1.165, 1.54) is 6.20 Å². The minimum atomic E-state index is -0.366. The molecule has 2 aromatic heterocycles. The lowest BCUT2D eigenvalue weighted by atomic mass is 10.1. The summed E-state index contributed by atoms with van der Waals surface area (Å²) in [7, 11) is 0. The maximum Gasteiger partial charge on any atom is 0.277 e. The number of anilines is 2. The predicted octanol–water partition coefficient (Wildman–Crippen LogP) is 1.76. The number of rotatable bonds is 3. The Hall–Kier alpha value is -2.37. The molecule has 0 fully saturated rings. The fraction of sp³-hybridized carbons (Fsp3) is 0.250. The van der Waals surface area contributed by atoms with Crippen LogP contribution in [0.3, 0.4) is 0 Å². The predicted molar refractivity (Wildman–Crippen MR) is 69.3 cm³/mol. The Kier molecular flexibility index (Phi) is 3.27. The molecule has 0 radical (unpaired) electrons. The molecule has 0 saturated carbocycles. The highest BCUT2D eigenvalue weighted by atomic mass is 16.2. The molecular weight excluding hydrogens is 230 g/mol. The lowest BCUT2D eigenvalue weighted by molar-refractivity contribution is 0.102. The van der Waals surface area contributed by atoms with Gasteiger partial charge in [0.1, 0.15) is 0 Å². The molecule has 94 valence electrons. The molecule has 2 rings (SSSR count). The van der Waals surface area contributed by atoms with Crippen LogP contribution in [0.2, 0.25) is 0 Å². The van der Waals surface area contributed by atoms with E-state index in [4.69, 9.17) is 5.73 Å². The van der Waals surface area contributed by atoms with Crippen molar-refractivity contribution in [3.63, 3.8) is 0 Å². The van der Waals surface area contributed by atoms with E-state index in [9.17, 15) is 4.79 Å². The number of hydrogen-bond donors (Lipinski definition) is 3. The lowest BCUT2D eigenvalue weighted by Gasteiger charge is -2.03. The van der Waals surface area contributed by atoms with Crippen LogP contribution >= 0.6 is 0 Å². The van der Waals surface area contributed by atoms with Crippen molar-refractivity contribution in [2.24, 2.45) is 0 Å². The second-order valence-corrected chi connectivity index (χ2v) is 4.26. The smallest absolute Gasteiger partial charge is 0.277 e. The van der Waals surface area contributed by atoms with Gasteiger partial charge in [0.05, 0.1) is 5.69 Å². The van der Waals surface area contributed by atoms with E-state index >= 15 is 0 Å². The van der Waals surface area contributed by atoms with Gasteiger partial charge < -0.3 is 11.1 Å². The van der Waals surface area contributed by atoms with Gasteiger partial charge in [-0.3, -0.25) is 9.89 Å². The van der Waals surface area contributed by atoms with Crippen molar-refractivity contribution in [1.29, 1.82) is 0 Å². The van der Waals surface area contributed by atoms with Crippen LogP contribution in [-0.2, 0) is 0 Å². The highest BCUT2D eigenvalue weighted by molar-refractivity contribution is 6.05. The lowest BCUT2D eigenvalue weighted by Crippen LogP contribution is -2.15. The summed E-state index contributed by atoms with van der Waals surface area (Å²) in [5.41, 5.74) is 7.18. The van der Waals surface area contributed by atoms with Crippen LogP contribution in [0.4, 0.5) is 11.5 Å². The molecule has 4 N–H and O–H groups in total. The fourth-order valence-corrected chi connectivity index (χ4v) is 1.48. The molecule has 0 aliphatic carbocycles. The largest absolute Gasteiger partial charge is 0.397 e. The Morgan fingerprint density at radius 3 is 2.89 bits per heavy atom. The molecule has 0 unspecified atom stereocenters. The van der Waals surface area contributed by atoms with Gasteiger partial charge in [0.2, 0.25) is 0 Å². The second-order valence-electron chi connectivity index (χ2n) is 4.26. The van der Waals surface area contributed by atoms with Crippen molar-refractivity contribution in [2.75, 3.05) is 11.1 Å². The summed E-state index contributed by atoms with van der Waals surface area (Å²) in [6.45, 7) is 4.08. The number of nitrogen functional groups attached to an aromatic ring is 1.